The highest BCUT2D eigenvalue weighted by Gasteiger charge is 2.28. The number of anilines is 1. The van der Waals surface area contributed by atoms with E-state index in [1.54, 1.807) is 31.2 Å². The Morgan fingerprint density at radius 1 is 1.04 bits per heavy atom. The predicted octanol–water partition coefficient (Wildman–Crippen LogP) is 2.38. The molecule has 2 aromatic carbocycles. The van der Waals surface area contributed by atoms with Crippen molar-refractivity contribution >= 4 is 21.7 Å². The lowest BCUT2D eigenvalue weighted by Gasteiger charge is -2.24. The van der Waals surface area contributed by atoms with Crippen LogP contribution in [0.1, 0.15) is 5.56 Å². The average molecular weight is 379 g/mol. The summed E-state index contributed by atoms with van der Waals surface area (Å²) in [6.45, 7) is 1.28. The van der Waals surface area contributed by atoms with Crippen molar-refractivity contribution in [3.63, 3.8) is 0 Å². The molecule has 7 nitrogen and oxygen atoms in total. The molecule has 0 spiro atoms. The summed E-state index contributed by atoms with van der Waals surface area (Å²) in [6.07, 6.45) is 0. The van der Waals surface area contributed by atoms with Crippen LogP contribution in [0.15, 0.2) is 47.4 Å². The number of carbonyl (C=O) groups is 1. The van der Waals surface area contributed by atoms with Gasteiger partial charge in [0.2, 0.25) is 0 Å². The Morgan fingerprint density at radius 3 is 2.35 bits per heavy atom. The number of aryl methyl sites for hydroxylation is 1. The smallest absolute Gasteiger partial charge is 0.326 e. The zero-order valence-corrected chi connectivity index (χ0v) is 15.9. The van der Waals surface area contributed by atoms with E-state index in [9.17, 15) is 13.2 Å². The molecule has 0 heterocycles. The number of hydrogen-bond acceptors (Lipinski definition) is 6. The van der Waals surface area contributed by atoms with Crippen molar-refractivity contribution in [3.8, 4) is 11.5 Å². The number of ether oxygens (including phenoxy) is 3. The molecule has 26 heavy (non-hydrogen) atoms. The van der Waals surface area contributed by atoms with Crippen LogP contribution < -0.4 is 13.8 Å². The molecule has 0 aliphatic rings. The molecule has 0 aliphatic heterocycles. The van der Waals surface area contributed by atoms with E-state index >= 15 is 0 Å². The van der Waals surface area contributed by atoms with Crippen molar-refractivity contribution in [2.24, 2.45) is 0 Å². The zero-order chi connectivity index (χ0) is 19.3. The maximum atomic E-state index is 13.2. The Morgan fingerprint density at radius 2 is 1.77 bits per heavy atom. The molecule has 0 N–H and O–H groups in total. The van der Waals surface area contributed by atoms with Crippen LogP contribution in [0.4, 0.5) is 5.69 Å². The molecule has 0 amide bonds. The van der Waals surface area contributed by atoms with E-state index in [0.717, 1.165) is 4.31 Å². The molecular formula is C18H21NO6S. The number of hydrogen-bond donors (Lipinski definition) is 0. The highest BCUT2D eigenvalue weighted by molar-refractivity contribution is 7.92. The lowest BCUT2D eigenvalue weighted by atomic mass is 10.2. The quantitative estimate of drug-likeness (QED) is 0.687. The number of methoxy groups -OCH3 is 3. The Hall–Kier alpha value is -2.74. The Bertz CT molecular complexity index is 894. The van der Waals surface area contributed by atoms with Gasteiger partial charge in [0.1, 0.15) is 18.0 Å². The number of rotatable bonds is 7. The Balaban J connectivity index is 2.55. The molecule has 0 atom stereocenters. The van der Waals surface area contributed by atoms with E-state index in [2.05, 4.69) is 4.74 Å². The first-order chi connectivity index (χ1) is 12.3. The van der Waals surface area contributed by atoms with Crippen LogP contribution in [0.3, 0.4) is 0 Å². The molecule has 0 saturated heterocycles. The van der Waals surface area contributed by atoms with Crippen LogP contribution in [0.25, 0.3) is 0 Å². The van der Waals surface area contributed by atoms with Gasteiger partial charge in [-0.25, -0.2) is 8.42 Å². The van der Waals surface area contributed by atoms with E-state index in [4.69, 9.17) is 9.47 Å². The highest BCUT2D eigenvalue weighted by Crippen LogP contribution is 2.29. The SMILES string of the molecule is COC(=O)CN(c1cccc(OC)c1)S(=O)(=O)c1ccc(OC)c(C)c1. The monoisotopic (exact) mass is 379 g/mol. The molecule has 0 bridgehead atoms. The molecule has 2 rings (SSSR count). The molecule has 0 fully saturated rings. The minimum absolute atomic E-state index is 0.0440. The molecule has 0 unspecified atom stereocenters. The van der Waals surface area contributed by atoms with E-state index in [-0.39, 0.29) is 4.90 Å². The van der Waals surface area contributed by atoms with E-state index in [1.165, 1.54) is 39.5 Å². The fourth-order valence-corrected chi connectivity index (χ4v) is 3.89. The van der Waals surface area contributed by atoms with Gasteiger partial charge in [-0.15, -0.1) is 0 Å². The Kier molecular flexibility index (Phi) is 6.10. The van der Waals surface area contributed by atoms with Crippen LogP contribution in [0, 0.1) is 6.92 Å². The van der Waals surface area contributed by atoms with Crippen LogP contribution in [-0.2, 0) is 19.6 Å². The van der Waals surface area contributed by atoms with Gasteiger partial charge < -0.3 is 14.2 Å². The standard InChI is InChI=1S/C18H21NO6S/c1-13-10-16(8-9-17(13)24-3)26(21,22)19(12-18(20)25-4)14-6-5-7-15(11-14)23-2/h5-11H,12H2,1-4H3. The van der Waals surface area contributed by atoms with Crippen LogP contribution in [-0.4, -0.2) is 42.3 Å². The Labute approximate surface area is 153 Å². The van der Waals surface area contributed by atoms with E-state index in [1.807, 2.05) is 0 Å². The van der Waals surface area contributed by atoms with Gasteiger partial charge in [-0.1, -0.05) is 6.07 Å². The second-order valence-electron chi connectivity index (χ2n) is 5.42. The summed E-state index contributed by atoms with van der Waals surface area (Å²) in [4.78, 5) is 11.9. The molecule has 0 aliphatic carbocycles. The summed E-state index contributed by atoms with van der Waals surface area (Å²) in [6, 6.07) is 11.0. The predicted molar refractivity (Wildman–Crippen MR) is 97.3 cm³/mol. The summed E-state index contributed by atoms with van der Waals surface area (Å²) in [5.41, 5.74) is 0.959. The minimum Gasteiger partial charge on any atom is -0.497 e. The largest absolute Gasteiger partial charge is 0.497 e. The third-order valence-corrected chi connectivity index (χ3v) is 5.57. The van der Waals surface area contributed by atoms with Crippen molar-refractivity contribution in [1.82, 2.24) is 0 Å². The van der Waals surface area contributed by atoms with Gasteiger partial charge in [0.15, 0.2) is 0 Å². The second kappa shape index (κ2) is 8.09. The first kappa shape index (κ1) is 19.6. The summed E-state index contributed by atoms with van der Waals surface area (Å²) in [7, 11) is 0.182. The van der Waals surface area contributed by atoms with Gasteiger partial charge in [-0.3, -0.25) is 9.10 Å². The van der Waals surface area contributed by atoms with E-state index in [0.29, 0.717) is 22.7 Å². The topological polar surface area (TPSA) is 82.1 Å². The van der Waals surface area contributed by atoms with Crippen molar-refractivity contribution in [2.45, 2.75) is 11.8 Å². The van der Waals surface area contributed by atoms with Gasteiger partial charge >= 0.3 is 5.97 Å². The van der Waals surface area contributed by atoms with Crippen LogP contribution >= 0.6 is 0 Å². The highest BCUT2D eigenvalue weighted by atomic mass is 32.2. The normalized spacial score (nSPS) is 10.9. The molecule has 8 heteroatoms. The van der Waals surface area contributed by atoms with Gasteiger partial charge in [0, 0.05) is 6.07 Å². The fourth-order valence-electron chi connectivity index (χ4n) is 2.40. The lowest BCUT2D eigenvalue weighted by Crippen LogP contribution is -2.36. The lowest BCUT2D eigenvalue weighted by molar-refractivity contribution is -0.138. The molecular weight excluding hydrogens is 358 g/mol. The summed E-state index contributed by atoms with van der Waals surface area (Å²) in [5, 5.41) is 0. The summed E-state index contributed by atoms with van der Waals surface area (Å²) >= 11 is 0. The number of nitrogens with zero attached hydrogens (tertiary/aromatic N) is 1. The first-order valence-corrected chi connectivity index (χ1v) is 9.15. The molecule has 0 radical (unpaired) electrons. The molecule has 140 valence electrons. The minimum atomic E-state index is -4.01. The summed E-state index contributed by atoms with van der Waals surface area (Å²) in [5.74, 6) is 0.366. The number of benzene rings is 2. The van der Waals surface area contributed by atoms with Crippen molar-refractivity contribution in [1.29, 1.82) is 0 Å². The van der Waals surface area contributed by atoms with Crippen molar-refractivity contribution < 1.29 is 27.4 Å². The van der Waals surface area contributed by atoms with Crippen LogP contribution in [0.5, 0.6) is 11.5 Å². The fraction of sp³-hybridized carbons (Fsp3) is 0.278. The average Bonchev–Trinajstić information content (AvgIpc) is 2.65. The number of sulfonamides is 1. The number of esters is 1. The third kappa shape index (κ3) is 4.08. The third-order valence-electron chi connectivity index (χ3n) is 3.80. The first-order valence-electron chi connectivity index (χ1n) is 7.71. The number of carbonyl (C=O) groups excluding carboxylic acids is 1. The van der Waals surface area contributed by atoms with Crippen molar-refractivity contribution in [3.05, 3.63) is 48.0 Å². The maximum Gasteiger partial charge on any atom is 0.326 e. The second-order valence-corrected chi connectivity index (χ2v) is 7.28. The maximum absolute atomic E-state index is 13.2. The van der Waals surface area contributed by atoms with Crippen LogP contribution in [0.2, 0.25) is 0 Å². The summed E-state index contributed by atoms with van der Waals surface area (Å²) < 4.78 is 42.3. The van der Waals surface area contributed by atoms with Gasteiger partial charge in [-0.2, -0.15) is 0 Å². The van der Waals surface area contributed by atoms with Gasteiger partial charge in [0.25, 0.3) is 10.0 Å². The zero-order valence-electron chi connectivity index (χ0n) is 15.1. The van der Waals surface area contributed by atoms with Gasteiger partial charge in [-0.05, 0) is 42.8 Å². The molecule has 2 aromatic rings. The van der Waals surface area contributed by atoms with Crippen molar-refractivity contribution in [2.75, 3.05) is 32.2 Å². The van der Waals surface area contributed by atoms with E-state index < -0.39 is 22.5 Å². The van der Waals surface area contributed by atoms with Gasteiger partial charge in [0.05, 0.1) is 31.9 Å². The molecule has 0 saturated carbocycles. The molecule has 0 aromatic heterocycles.